The number of benzene rings is 1. The lowest BCUT2D eigenvalue weighted by Crippen LogP contribution is -2.35. The van der Waals surface area contributed by atoms with Crippen molar-refractivity contribution < 1.29 is 9.31 Å². The second-order valence-electron chi connectivity index (χ2n) is 5.07. The summed E-state index contributed by atoms with van der Waals surface area (Å²) in [5.74, 6) is -0.405. The highest BCUT2D eigenvalue weighted by molar-refractivity contribution is 6.31. The van der Waals surface area contributed by atoms with Crippen molar-refractivity contribution in [3.8, 4) is 0 Å². The molecular weight excluding hydrogens is 285 g/mol. The van der Waals surface area contributed by atoms with Gasteiger partial charge in [-0.15, -0.1) is 0 Å². The second kappa shape index (κ2) is 6.37. The van der Waals surface area contributed by atoms with E-state index >= 15 is 0 Å². The standard InChI is InChI=1S/C13H17ClFN3O2/c14-9-5-11(13(18(19)20)6-10(9)15)17-12(7-16)8-3-1-2-4-8/h5-6,8,12,17H,1-4,7,16H2. The van der Waals surface area contributed by atoms with Crippen LogP contribution in [0, 0.1) is 21.8 Å². The molecule has 0 aromatic heterocycles. The van der Waals surface area contributed by atoms with Gasteiger partial charge in [-0.2, -0.15) is 0 Å². The molecule has 1 atom stereocenters. The molecular formula is C13H17ClFN3O2. The van der Waals surface area contributed by atoms with E-state index in [0.29, 0.717) is 12.5 Å². The Hall–Kier alpha value is -1.40. The van der Waals surface area contributed by atoms with Crippen LogP contribution in [0.4, 0.5) is 15.8 Å². The first-order valence-electron chi connectivity index (χ1n) is 6.63. The quantitative estimate of drug-likeness (QED) is 0.645. The smallest absolute Gasteiger partial charge is 0.295 e. The molecule has 0 saturated heterocycles. The van der Waals surface area contributed by atoms with Crippen molar-refractivity contribution in [2.24, 2.45) is 11.7 Å². The Morgan fingerprint density at radius 3 is 2.70 bits per heavy atom. The summed E-state index contributed by atoms with van der Waals surface area (Å²) >= 11 is 5.71. The van der Waals surface area contributed by atoms with Crippen LogP contribution >= 0.6 is 11.6 Å². The first-order valence-corrected chi connectivity index (χ1v) is 7.00. The van der Waals surface area contributed by atoms with Crippen LogP contribution < -0.4 is 11.1 Å². The van der Waals surface area contributed by atoms with Crippen molar-refractivity contribution >= 4 is 23.0 Å². The summed E-state index contributed by atoms with van der Waals surface area (Å²) in [5, 5.41) is 13.9. The van der Waals surface area contributed by atoms with Crippen molar-refractivity contribution in [3.63, 3.8) is 0 Å². The van der Waals surface area contributed by atoms with Gasteiger partial charge in [0.25, 0.3) is 5.69 Å². The lowest BCUT2D eigenvalue weighted by atomic mass is 9.98. The van der Waals surface area contributed by atoms with Crippen molar-refractivity contribution in [1.82, 2.24) is 0 Å². The van der Waals surface area contributed by atoms with Crippen LogP contribution in [-0.2, 0) is 0 Å². The van der Waals surface area contributed by atoms with Crippen LogP contribution in [0.2, 0.25) is 5.02 Å². The van der Waals surface area contributed by atoms with Crippen LogP contribution in [-0.4, -0.2) is 17.5 Å². The molecule has 20 heavy (non-hydrogen) atoms. The van der Waals surface area contributed by atoms with Gasteiger partial charge in [-0.05, 0) is 24.8 Å². The molecule has 1 fully saturated rings. The van der Waals surface area contributed by atoms with Crippen molar-refractivity contribution in [1.29, 1.82) is 0 Å². The number of hydrogen-bond donors (Lipinski definition) is 2. The van der Waals surface area contributed by atoms with Crippen LogP contribution in [0.1, 0.15) is 25.7 Å². The van der Waals surface area contributed by atoms with Gasteiger partial charge in [0.15, 0.2) is 0 Å². The fraction of sp³-hybridized carbons (Fsp3) is 0.538. The van der Waals surface area contributed by atoms with E-state index in [1.54, 1.807) is 0 Å². The number of halogens is 2. The Balaban J connectivity index is 2.26. The molecule has 1 aliphatic rings. The number of nitrogens with zero attached hydrogens (tertiary/aromatic N) is 1. The van der Waals surface area contributed by atoms with E-state index in [4.69, 9.17) is 17.3 Å². The highest BCUT2D eigenvalue weighted by Gasteiger charge is 2.26. The Morgan fingerprint density at radius 2 is 2.15 bits per heavy atom. The maximum Gasteiger partial charge on any atom is 0.295 e. The SMILES string of the molecule is NCC(Nc1cc(Cl)c(F)cc1[N+](=O)[O-])C1CCCC1. The van der Waals surface area contributed by atoms with Crippen LogP contribution in [0.5, 0.6) is 0 Å². The Morgan fingerprint density at radius 1 is 1.50 bits per heavy atom. The lowest BCUT2D eigenvalue weighted by Gasteiger charge is -2.24. The van der Waals surface area contributed by atoms with E-state index in [9.17, 15) is 14.5 Å². The molecule has 2 rings (SSSR count). The van der Waals surface area contributed by atoms with Crippen molar-refractivity contribution in [2.75, 3.05) is 11.9 Å². The van der Waals surface area contributed by atoms with Gasteiger partial charge >= 0.3 is 0 Å². The molecule has 1 saturated carbocycles. The van der Waals surface area contributed by atoms with Gasteiger partial charge < -0.3 is 11.1 Å². The summed E-state index contributed by atoms with van der Waals surface area (Å²) in [7, 11) is 0. The normalized spacial score (nSPS) is 17.1. The zero-order chi connectivity index (χ0) is 14.7. The average molecular weight is 302 g/mol. The number of nitrogens with one attached hydrogen (secondary N) is 1. The van der Waals surface area contributed by atoms with Gasteiger partial charge in [-0.1, -0.05) is 24.4 Å². The average Bonchev–Trinajstić information content (AvgIpc) is 2.93. The number of rotatable bonds is 5. The highest BCUT2D eigenvalue weighted by Crippen LogP contribution is 2.34. The summed E-state index contributed by atoms with van der Waals surface area (Å²) in [5.41, 5.74) is 5.66. The molecule has 0 aliphatic heterocycles. The van der Waals surface area contributed by atoms with Gasteiger partial charge in [0.1, 0.15) is 11.5 Å². The maximum atomic E-state index is 13.4. The fourth-order valence-corrected chi connectivity index (χ4v) is 2.90. The molecule has 1 aromatic carbocycles. The molecule has 0 bridgehead atoms. The monoisotopic (exact) mass is 301 g/mol. The highest BCUT2D eigenvalue weighted by atomic mass is 35.5. The number of nitro groups is 1. The van der Waals surface area contributed by atoms with E-state index < -0.39 is 10.7 Å². The van der Waals surface area contributed by atoms with Crippen LogP contribution in [0.15, 0.2) is 12.1 Å². The molecule has 0 spiro atoms. The Kier molecular flexibility index (Phi) is 4.77. The Bertz CT molecular complexity index is 507. The van der Waals surface area contributed by atoms with Crippen molar-refractivity contribution in [3.05, 3.63) is 33.1 Å². The molecule has 7 heteroatoms. The number of nitrogens with two attached hydrogens (primary N) is 1. The van der Waals surface area contributed by atoms with Gasteiger partial charge in [0.05, 0.1) is 16.0 Å². The molecule has 1 aliphatic carbocycles. The molecule has 0 amide bonds. The number of anilines is 1. The van der Waals surface area contributed by atoms with Crippen molar-refractivity contribution in [2.45, 2.75) is 31.7 Å². The fourth-order valence-electron chi connectivity index (χ4n) is 2.73. The minimum atomic E-state index is -0.797. The molecule has 1 aromatic rings. The molecule has 5 nitrogen and oxygen atoms in total. The zero-order valence-electron chi connectivity index (χ0n) is 10.9. The van der Waals surface area contributed by atoms with Crippen LogP contribution in [0.25, 0.3) is 0 Å². The predicted octanol–water partition coefficient (Wildman–Crippen LogP) is 3.32. The van der Waals surface area contributed by atoms with Gasteiger partial charge in [-0.25, -0.2) is 4.39 Å². The third-order valence-electron chi connectivity index (χ3n) is 3.80. The third-order valence-corrected chi connectivity index (χ3v) is 4.09. The third kappa shape index (κ3) is 3.19. The zero-order valence-corrected chi connectivity index (χ0v) is 11.7. The topological polar surface area (TPSA) is 81.2 Å². The largest absolute Gasteiger partial charge is 0.375 e. The Labute approximate surface area is 121 Å². The van der Waals surface area contributed by atoms with Gasteiger partial charge in [-0.3, -0.25) is 10.1 Å². The van der Waals surface area contributed by atoms with E-state index in [1.807, 2.05) is 0 Å². The number of hydrogen-bond acceptors (Lipinski definition) is 4. The van der Waals surface area contributed by atoms with E-state index in [2.05, 4.69) is 5.32 Å². The summed E-state index contributed by atoms with van der Waals surface area (Å²) in [6.07, 6.45) is 4.40. The van der Waals surface area contributed by atoms with Gasteiger partial charge in [0.2, 0.25) is 0 Å². The first-order chi connectivity index (χ1) is 9.52. The second-order valence-corrected chi connectivity index (χ2v) is 5.48. The van der Waals surface area contributed by atoms with E-state index in [0.717, 1.165) is 31.7 Å². The first kappa shape index (κ1) is 15.0. The molecule has 0 heterocycles. The minimum Gasteiger partial charge on any atom is -0.375 e. The summed E-state index contributed by atoms with van der Waals surface area (Å²) in [4.78, 5) is 10.4. The van der Waals surface area contributed by atoms with Gasteiger partial charge in [0, 0.05) is 12.6 Å². The minimum absolute atomic E-state index is 0.0577. The summed E-state index contributed by atoms with van der Waals surface area (Å²) < 4.78 is 13.4. The molecule has 110 valence electrons. The maximum absolute atomic E-state index is 13.4. The molecule has 0 radical (unpaired) electrons. The summed E-state index contributed by atoms with van der Waals surface area (Å²) in [6, 6.07) is 2.04. The van der Waals surface area contributed by atoms with E-state index in [-0.39, 0.29) is 22.4 Å². The number of nitro benzene ring substituents is 1. The van der Waals surface area contributed by atoms with Crippen LogP contribution in [0.3, 0.4) is 0 Å². The molecule has 1 unspecified atom stereocenters. The predicted molar refractivity (Wildman–Crippen MR) is 76.5 cm³/mol. The summed E-state index contributed by atoms with van der Waals surface area (Å²) in [6.45, 7) is 0.372. The lowest BCUT2D eigenvalue weighted by molar-refractivity contribution is -0.384. The van der Waals surface area contributed by atoms with E-state index in [1.165, 1.54) is 6.07 Å². The molecule has 3 N–H and O–H groups in total.